The third kappa shape index (κ3) is 3.60. The first-order valence-corrected chi connectivity index (χ1v) is 7.18. The lowest BCUT2D eigenvalue weighted by Crippen LogP contribution is -2.34. The monoisotopic (exact) mass is 304 g/mol. The van der Waals surface area contributed by atoms with Crippen molar-refractivity contribution >= 4 is 11.8 Å². The van der Waals surface area contributed by atoms with Gasteiger partial charge in [-0.1, -0.05) is 32.9 Å². The first-order chi connectivity index (χ1) is 10.4. The van der Waals surface area contributed by atoms with Crippen molar-refractivity contribution in [3.8, 4) is 11.5 Å². The second-order valence-corrected chi connectivity index (χ2v) is 5.75. The number of carbonyl (C=O) groups is 1. The first-order valence-electron chi connectivity index (χ1n) is 7.18. The predicted octanol–water partition coefficient (Wildman–Crippen LogP) is 2.78. The standard InChI is InChI=1S/C15H20N4O3/c1-8(2)12(15(20)21)17-11-7-10(5-6-16-11)14-18-13(9(3)4)19-22-14/h5-9,12H,1-4H3,(H,16,17)(H,20,21)/t12-/m1/s1. The van der Waals surface area contributed by atoms with Gasteiger partial charge in [-0.25, -0.2) is 9.78 Å². The van der Waals surface area contributed by atoms with Crippen LogP contribution in [0.2, 0.25) is 0 Å². The van der Waals surface area contributed by atoms with E-state index in [1.807, 2.05) is 27.7 Å². The minimum absolute atomic E-state index is 0.0705. The molecule has 2 heterocycles. The van der Waals surface area contributed by atoms with Crippen LogP contribution < -0.4 is 5.32 Å². The summed E-state index contributed by atoms with van der Waals surface area (Å²) in [5.41, 5.74) is 0.699. The van der Waals surface area contributed by atoms with Crippen molar-refractivity contribution in [1.29, 1.82) is 0 Å². The zero-order valence-corrected chi connectivity index (χ0v) is 13.1. The van der Waals surface area contributed by atoms with E-state index in [9.17, 15) is 9.90 Å². The Labute approximate surface area is 128 Å². The zero-order chi connectivity index (χ0) is 16.3. The van der Waals surface area contributed by atoms with Gasteiger partial charge in [-0.05, 0) is 18.1 Å². The van der Waals surface area contributed by atoms with Crippen molar-refractivity contribution in [3.05, 3.63) is 24.2 Å². The van der Waals surface area contributed by atoms with E-state index in [1.54, 1.807) is 18.3 Å². The average molecular weight is 304 g/mol. The molecule has 7 heteroatoms. The molecule has 0 amide bonds. The summed E-state index contributed by atoms with van der Waals surface area (Å²) < 4.78 is 5.23. The third-order valence-electron chi connectivity index (χ3n) is 3.20. The van der Waals surface area contributed by atoms with Gasteiger partial charge in [-0.2, -0.15) is 4.98 Å². The van der Waals surface area contributed by atoms with E-state index in [0.29, 0.717) is 23.1 Å². The second kappa shape index (κ2) is 6.55. The third-order valence-corrected chi connectivity index (χ3v) is 3.20. The molecular weight excluding hydrogens is 284 g/mol. The Morgan fingerprint density at radius 3 is 2.59 bits per heavy atom. The molecule has 0 aliphatic heterocycles. The summed E-state index contributed by atoms with van der Waals surface area (Å²) in [6.07, 6.45) is 1.58. The van der Waals surface area contributed by atoms with Crippen LogP contribution in [0.5, 0.6) is 0 Å². The molecule has 2 N–H and O–H groups in total. The molecule has 0 spiro atoms. The molecule has 0 saturated carbocycles. The van der Waals surface area contributed by atoms with Crippen LogP contribution in [0.15, 0.2) is 22.9 Å². The lowest BCUT2D eigenvalue weighted by molar-refractivity contribution is -0.138. The molecule has 7 nitrogen and oxygen atoms in total. The molecule has 0 aliphatic carbocycles. The Balaban J connectivity index is 2.24. The molecule has 118 valence electrons. The van der Waals surface area contributed by atoms with Gasteiger partial charge in [-0.3, -0.25) is 0 Å². The fourth-order valence-electron chi connectivity index (χ4n) is 1.90. The van der Waals surface area contributed by atoms with Crippen LogP contribution in [0.1, 0.15) is 39.4 Å². The summed E-state index contributed by atoms with van der Waals surface area (Å²) in [5.74, 6) is 0.677. The van der Waals surface area contributed by atoms with Gasteiger partial charge in [0.05, 0.1) is 0 Å². The fraction of sp³-hybridized carbons (Fsp3) is 0.467. The number of carboxylic acids is 1. The number of carboxylic acid groups (broad SMARTS) is 1. The van der Waals surface area contributed by atoms with Gasteiger partial charge in [0.2, 0.25) is 0 Å². The molecule has 2 aromatic rings. The molecule has 2 rings (SSSR count). The lowest BCUT2D eigenvalue weighted by Gasteiger charge is -2.18. The van der Waals surface area contributed by atoms with E-state index >= 15 is 0 Å². The van der Waals surface area contributed by atoms with Crippen LogP contribution >= 0.6 is 0 Å². The largest absolute Gasteiger partial charge is 0.480 e. The topological polar surface area (TPSA) is 101 Å². The minimum Gasteiger partial charge on any atom is -0.480 e. The Hall–Kier alpha value is -2.44. The summed E-state index contributed by atoms with van der Waals surface area (Å²) in [7, 11) is 0. The summed E-state index contributed by atoms with van der Waals surface area (Å²) in [6, 6.07) is 2.74. The zero-order valence-electron chi connectivity index (χ0n) is 13.1. The van der Waals surface area contributed by atoms with Gasteiger partial charge in [-0.15, -0.1) is 0 Å². The number of anilines is 1. The summed E-state index contributed by atoms with van der Waals surface area (Å²) in [6.45, 7) is 7.63. The van der Waals surface area contributed by atoms with Gasteiger partial charge < -0.3 is 14.9 Å². The maximum atomic E-state index is 11.2. The molecule has 22 heavy (non-hydrogen) atoms. The second-order valence-electron chi connectivity index (χ2n) is 5.75. The van der Waals surface area contributed by atoms with Crippen LogP contribution in [-0.2, 0) is 4.79 Å². The molecule has 0 radical (unpaired) electrons. The molecule has 0 aliphatic rings. The van der Waals surface area contributed by atoms with Crippen molar-refractivity contribution < 1.29 is 14.4 Å². The number of rotatable bonds is 6. The fourth-order valence-corrected chi connectivity index (χ4v) is 1.90. The van der Waals surface area contributed by atoms with E-state index < -0.39 is 12.0 Å². The predicted molar refractivity (Wildman–Crippen MR) is 81.5 cm³/mol. The van der Waals surface area contributed by atoms with Gasteiger partial charge in [0.1, 0.15) is 11.9 Å². The highest BCUT2D eigenvalue weighted by Gasteiger charge is 2.22. The van der Waals surface area contributed by atoms with E-state index in [4.69, 9.17) is 4.52 Å². The van der Waals surface area contributed by atoms with Crippen molar-refractivity contribution in [2.24, 2.45) is 5.92 Å². The smallest absolute Gasteiger partial charge is 0.326 e. The van der Waals surface area contributed by atoms with Crippen LogP contribution in [0.25, 0.3) is 11.5 Å². The average Bonchev–Trinajstić information content (AvgIpc) is 2.94. The van der Waals surface area contributed by atoms with E-state index in [-0.39, 0.29) is 11.8 Å². The van der Waals surface area contributed by atoms with Crippen LogP contribution in [0.3, 0.4) is 0 Å². The minimum atomic E-state index is -0.915. The van der Waals surface area contributed by atoms with E-state index in [1.165, 1.54) is 0 Å². The quantitative estimate of drug-likeness (QED) is 0.846. The van der Waals surface area contributed by atoms with Gasteiger partial charge >= 0.3 is 5.97 Å². The van der Waals surface area contributed by atoms with Crippen LogP contribution in [-0.4, -0.2) is 32.2 Å². The number of nitrogens with one attached hydrogen (secondary N) is 1. The van der Waals surface area contributed by atoms with Crippen molar-refractivity contribution in [3.63, 3.8) is 0 Å². The Morgan fingerprint density at radius 2 is 2.05 bits per heavy atom. The number of hydrogen-bond donors (Lipinski definition) is 2. The number of aliphatic carboxylic acids is 1. The molecule has 0 fully saturated rings. The van der Waals surface area contributed by atoms with Gasteiger partial charge in [0, 0.05) is 17.7 Å². The normalized spacial score (nSPS) is 12.6. The van der Waals surface area contributed by atoms with E-state index in [0.717, 1.165) is 0 Å². The van der Waals surface area contributed by atoms with Crippen LogP contribution in [0, 0.1) is 5.92 Å². The molecular formula is C15H20N4O3. The molecule has 0 aromatic carbocycles. The maximum Gasteiger partial charge on any atom is 0.326 e. The number of nitrogens with zero attached hydrogens (tertiary/aromatic N) is 3. The Kier molecular flexibility index (Phi) is 4.75. The first kappa shape index (κ1) is 15.9. The van der Waals surface area contributed by atoms with Gasteiger partial charge in [0.15, 0.2) is 5.82 Å². The van der Waals surface area contributed by atoms with Gasteiger partial charge in [0.25, 0.3) is 5.89 Å². The maximum absolute atomic E-state index is 11.2. The summed E-state index contributed by atoms with van der Waals surface area (Å²) in [4.78, 5) is 19.7. The molecule has 0 saturated heterocycles. The van der Waals surface area contributed by atoms with Crippen molar-refractivity contribution in [2.75, 3.05) is 5.32 Å². The highest BCUT2D eigenvalue weighted by Crippen LogP contribution is 2.22. The van der Waals surface area contributed by atoms with Crippen molar-refractivity contribution in [2.45, 2.75) is 39.7 Å². The van der Waals surface area contributed by atoms with Crippen molar-refractivity contribution in [1.82, 2.24) is 15.1 Å². The molecule has 2 aromatic heterocycles. The highest BCUT2D eigenvalue weighted by atomic mass is 16.5. The van der Waals surface area contributed by atoms with E-state index in [2.05, 4.69) is 20.4 Å². The SMILES string of the molecule is CC(C)c1noc(-c2ccnc(N[C@@H](C(=O)O)C(C)C)c2)n1. The van der Waals surface area contributed by atoms with Crippen LogP contribution in [0.4, 0.5) is 5.82 Å². The number of hydrogen-bond acceptors (Lipinski definition) is 6. The number of aromatic nitrogens is 3. The molecule has 0 bridgehead atoms. The molecule has 1 atom stereocenters. The summed E-state index contributed by atoms with van der Waals surface area (Å²) in [5, 5.41) is 16.1. The Bertz CT molecular complexity index is 652. The lowest BCUT2D eigenvalue weighted by atomic mass is 10.0. The molecule has 0 unspecified atom stereocenters. The highest BCUT2D eigenvalue weighted by molar-refractivity contribution is 5.77. The Morgan fingerprint density at radius 1 is 1.32 bits per heavy atom. The summed E-state index contributed by atoms with van der Waals surface area (Å²) >= 11 is 0. The number of pyridine rings is 1.